The maximum Gasteiger partial charge on any atom is 0.326 e. The first-order valence-electron chi connectivity index (χ1n) is 9.96. The summed E-state index contributed by atoms with van der Waals surface area (Å²) in [5, 5.41) is 34.1. The Labute approximate surface area is 195 Å². The van der Waals surface area contributed by atoms with Crippen LogP contribution in [-0.4, -0.2) is 81.5 Å². The SMILES string of the molecule is NC(CO)C(=O)NC(CS)C(=O)NC(Cc1ccccc1)C(=O)NC(CCC(=O)O)C(=O)O. The molecule has 1 rings (SSSR count). The molecule has 4 atom stereocenters. The molecule has 0 heterocycles. The van der Waals surface area contributed by atoms with Crippen molar-refractivity contribution in [3.8, 4) is 0 Å². The summed E-state index contributed by atoms with van der Waals surface area (Å²) in [6, 6.07) is 3.41. The van der Waals surface area contributed by atoms with Gasteiger partial charge in [0.25, 0.3) is 0 Å². The Balaban J connectivity index is 3.01. The van der Waals surface area contributed by atoms with E-state index in [1.165, 1.54) is 0 Å². The molecule has 0 spiro atoms. The third-order valence-electron chi connectivity index (χ3n) is 4.53. The number of carboxylic acid groups (broad SMARTS) is 2. The van der Waals surface area contributed by atoms with Gasteiger partial charge in [0.15, 0.2) is 0 Å². The highest BCUT2D eigenvalue weighted by Gasteiger charge is 2.30. The quantitative estimate of drug-likeness (QED) is 0.136. The van der Waals surface area contributed by atoms with Gasteiger partial charge in [-0.05, 0) is 12.0 Å². The van der Waals surface area contributed by atoms with Gasteiger partial charge in [0.1, 0.15) is 24.2 Å². The predicted molar refractivity (Wildman–Crippen MR) is 119 cm³/mol. The number of nitrogens with one attached hydrogen (secondary N) is 3. The first-order chi connectivity index (χ1) is 15.6. The fourth-order valence-electron chi connectivity index (χ4n) is 2.68. The zero-order valence-corrected chi connectivity index (χ0v) is 18.5. The zero-order valence-electron chi connectivity index (χ0n) is 17.6. The van der Waals surface area contributed by atoms with Crippen molar-refractivity contribution in [3.05, 3.63) is 35.9 Å². The number of carbonyl (C=O) groups excluding carboxylic acids is 3. The Morgan fingerprint density at radius 2 is 1.42 bits per heavy atom. The predicted octanol–water partition coefficient (Wildman–Crippen LogP) is -2.12. The fourth-order valence-corrected chi connectivity index (χ4v) is 2.94. The van der Waals surface area contributed by atoms with Crippen LogP contribution in [0.3, 0.4) is 0 Å². The van der Waals surface area contributed by atoms with Gasteiger partial charge >= 0.3 is 11.9 Å². The van der Waals surface area contributed by atoms with E-state index in [-0.39, 0.29) is 18.6 Å². The van der Waals surface area contributed by atoms with Gasteiger partial charge < -0.3 is 37.0 Å². The summed E-state index contributed by atoms with van der Waals surface area (Å²) in [6.07, 6.45) is -0.838. The lowest BCUT2D eigenvalue weighted by molar-refractivity contribution is -0.143. The Morgan fingerprint density at radius 1 is 0.879 bits per heavy atom. The molecule has 0 aliphatic rings. The lowest BCUT2D eigenvalue weighted by Crippen LogP contribution is -2.58. The number of amides is 3. The van der Waals surface area contributed by atoms with E-state index in [9.17, 15) is 29.1 Å². The second kappa shape index (κ2) is 14.1. The molecule has 12 nitrogen and oxygen atoms in total. The maximum atomic E-state index is 12.8. The van der Waals surface area contributed by atoms with Gasteiger partial charge in [0.05, 0.1) is 6.61 Å². The standard InChI is InChI=1S/C20H28N4O8S/c21-12(9-25)17(28)24-15(10-33)19(30)23-14(8-11-4-2-1-3-5-11)18(29)22-13(20(31)32)6-7-16(26)27/h1-5,12-15,25,33H,6-10,21H2,(H,22,29)(H,23,30)(H,24,28)(H,26,27)(H,31,32). The number of aliphatic hydroxyl groups excluding tert-OH is 1. The number of nitrogens with two attached hydrogens (primary N) is 1. The van der Waals surface area contributed by atoms with E-state index in [1.54, 1.807) is 30.3 Å². The molecule has 1 aromatic rings. The van der Waals surface area contributed by atoms with E-state index in [0.717, 1.165) is 0 Å². The summed E-state index contributed by atoms with van der Waals surface area (Å²) in [5.41, 5.74) is 6.08. The minimum Gasteiger partial charge on any atom is -0.481 e. The number of carboxylic acids is 2. The first kappa shape index (κ1) is 27.9. The van der Waals surface area contributed by atoms with Gasteiger partial charge in [-0.15, -0.1) is 0 Å². The second-order valence-corrected chi connectivity index (χ2v) is 7.48. The third kappa shape index (κ3) is 9.89. The monoisotopic (exact) mass is 484 g/mol. The van der Waals surface area contributed by atoms with Gasteiger partial charge in [-0.3, -0.25) is 19.2 Å². The van der Waals surface area contributed by atoms with Gasteiger partial charge in [-0.2, -0.15) is 12.6 Å². The molecule has 33 heavy (non-hydrogen) atoms. The summed E-state index contributed by atoms with van der Waals surface area (Å²) in [5.74, 6) is -5.22. The molecule has 4 unspecified atom stereocenters. The van der Waals surface area contributed by atoms with Gasteiger partial charge in [0.2, 0.25) is 17.7 Å². The Bertz CT molecular complexity index is 839. The van der Waals surface area contributed by atoms with Gasteiger partial charge in [-0.25, -0.2) is 4.79 Å². The van der Waals surface area contributed by atoms with Crippen LogP contribution < -0.4 is 21.7 Å². The van der Waals surface area contributed by atoms with E-state index < -0.39 is 66.9 Å². The normalized spacial score (nSPS) is 14.3. The van der Waals surface area contributed by atoms with Crippen molar-refractivity contribution < 1.29 is 39.3 Å². The smallest absolute Gasteiger partial charge is 0.326 e. The average molecular weight is 485 g/mol. The third-order valence-corrected chi connectivity index (χ3v) is 4.89. The van der Waals surface area contributed by atoms with Crippen LogP contribution in [0.15, 0.2) is 30.3 Å². The van der Waals surface area contributed by atoms with Crippen molar-refractivity contribution in [1.29, 1.82) is 0 Å². The van der Waals surface area contributed by atoms with Crippen LogP contribution in [0.25, 0.3) is 0 Å². The number of thiol groups is 1. The molecule has 0 bridgehead atoms. The molecule has 0 fully saturated rings. The molecular formula is C20H28N4O8S. The zero-order chi connectivity index (χ0) is 25.0. The summed E-state index contributed by atoms with van der Waals surface area (Å²) in [7, 11) is 0. The van der Waals surface area contributed by atoms with E-state index in [1.807, 2.05) is 0 Å². The number of hydrogen-bond donors (Lipinski definition) is 8. The van der Waals surface area contributed by atoms with Crippen molar-refractivity contribution in [2.75, 3.05) is 12.4 Å². The Morgan fingerprint density at radius 3 is 1.94 bits per heavy atom. The highest BCUT2D eigenvalue weighted by atomic mass is 32.1. The Kier molecular flexibility index (Phi) is 11.9. The summed E-state index contributed by atoms with van der Waals surface area (Å²) in [4.78, 5) is 59.6. The molecule has 0 aliphatic carbocycles. The summed E-state index contributed by atoms with van der Waals surface area (Å²) in [6.45, 7) is -0.640. The molecule has 0 radical (unpaired) electrons. The van der Waals surface area contributed by atoms with Gasteiger partial charge in [-0.1, -0.05) is 30.3 Å². The van der Waals surface area contributed by atoms with Crippen molar-refractivity contribution in [2.45, 2.75) is 43.4 Å². The molecule has 0 saturated carbocycles. The highest BCUT2D eigenvalue weighted by molar-refractivity contribution is 7.80. The largest absolute Gasteiger partial charge is 0.481 e. The van der Waals surface area contributed by atoms with Crippen LogP contribution >= 0.6 is 12.6 Å². The topological polar surface area (TPSA) is 208 Å². The van der Waals surface area contributed by atoms with Crippen LogP contribution in [0.2, 0.25) is 0 Å². The fraction of sp³-hybridized carbons (Fsp3) is 0.450. The minimum absolute atomic E-state index is 0.00687. The van der Waals surface area contributed by atoms with Crippen LogP contribution in [0.1, 0.15) is 18.4 Å². The van der Waals surface area contributed by atoms with Crippen LogP contribution in [-0.2, 0) is 30.4 Å². The highest BCUT2D eigenvalue weighted by Crippen LogP contribution is 2.06. The van der Waals surface area contributed by atoms with Crippen LogP contribution in [0, 0.1) is 0 Å². The van der Waals surface area contributed by atoms with Gasteiger partial charge in [0, 0.05) is 18.6 Å². The number of aliphatic carboxylic acids is 2. The second-order valence-electron chi connectivity index (χ2n) is 7.12. The van der Waals surface area contributed by atoms with Crippen molar-refractivity contribution in [3.63, 3.8) is 0 Å². The maximum absolute atomic E-state index is 12.8. The van der Waals surface area contributed by atoms with E-state index in [0.29, 0.717) is 5.56 Å². The Hall–Kier alpha value is -3.16. The lowest BCUT2D eigenvalue weighted by Gasteiger charge is -2.24. The number of carbonyl (C=O) groups is 5. The van der Waals surface area contributed by atoms with E-state index >= 15 is 0 Å². The first-order valence-corrected chi connectivity index (χ1v) is 10.6. The van der Waals surface area contributed by atoms with Crippen molar-refractivity contribution in [1.82, 2.24) is 16.0 Å². The molecule has 182 valence electrons. The number of benzene rings is 1. The summed E-state index contributed by atoms with van der Waals surface area (Å²) < 4.78 is 0. The lowest BCUT2D eigenvalue weighted by atomic mass is 10.0. The van der Waals surface area contributed by atoms with Crippen molar-refractivity contribution in [2.24, 2.45) is 5.73 Å². The van der Waals surface area contributed by atoms with Crippen LogP contribution in [0.4, 0.5) is 0 Å². The van der Waals surface area contributed by atoms with Crippen LogP contribution in [0.5, 0.6) is 0 Å². The number of hydrogen-bond acceptors (Lipinski definition) is 8. The van der Waals surface area contributed by atoms with Crippen molar-refractivity contribution >= 4 is 42.3 Å². The molecule has 1 aromatic carbocycles. The molecule has 0 aliphatic heterocycles. The average Bonchev–Trinajstić information content (AvgIpc) is 2.78. The molecule has 0 aromatic heterocycles. The molecule has 3 amide bonds. The summed E-state index contributed by atoms with van der Waals surface area (Å²) >= 11 is 4.02. The molecule has 8 N–H and O–H groups in total. The molecule has 13 heteroatoms. The number of aliphatic hydroxyl groups is 1. The molecule has 0 saturated heterocycles. The minimum atomic E-state index is -1.48. The molecular weight excluding hydrogens is 456 g/mol. The van der Waals surface area contributed by atoms with E-state index in [4.69, 9.17) is 15.9 Å². The van der Waals surface area contributed by atoms with E-state index in [2.05, 4.69) is 28.6 Å². The number of rotatable bonds is 14.